The van der Waals surface area contributed by atoms with Crippen molar-refractivity contribution in [2.24, 2.45) is 5.73 Å². The van der Waals surface area contributed by atoms with Crippen LogP contribution >= 0.6 is 24.0 Å². The largest absolute Gasteiger partial charge is 0.381 e. The van der Waals surface area contributed by atoms with Gasteiger partial charge in [0.05, 0.1) is 11.1 Å². The zero-order valence-corrected chi connectivity index (χ0v) is 14.4. The Kier molecular flexibility index (Phi) is 7.04. The first kappa shape index (κ1) is 19.6. The van der Waals surface area contributed by atoms with E-state index in [2.05, 4.69) is 0 Å². The molecule has 1 aromatic rings. The molecule has 1 aliphatic rings. The van der Waals surface area contributed by atoms with E-state index >= 15 is 0 Å². The van der Waals surface area contributed by atoms with Gasteiger partial charge in [0, 0.05) is 26.2 Å². The Morgan fingerprint density at radius 2 is 2.18 bits per heavy atom. The van der Waals surface area contributed by atoms with Crippen LogP contribution in [0, 0.1) is 5.82 Å². The van der Waals surface area contributed by atoms with Crippen molar-refractivity contribution in [1.29, 1.82) is 0 Å². The van der Waals surface area contributed by atoms with E-state index in [1.807, 2.05) is 0 Å². The fourth-order valence-corrected chi connectivity index (χ4v) is 4.72. The van der Waals surface area contributed by atoms with E-state index in [9.17, 15) is 12.8 Å². The lowest BCUT2D eigenvalue weighted by Gasteiger charge is -2.37. The molecule has 22 heavy (non-hydrogen) atoms. The molecule has 0 aliphatic carbocycles. The van der Waals surface area contributed by atoms with E-state index in [1.54, 1.807) is 7.11 Å². The molecule has 9 heteroatoms. The van der Waals surface area contributed by atoms with Crippen molar-refractivity contribution in [1.82, 2.24) is 4.31 Å². The fourth-order valence-electron chi connectivity index (χ4n) is 2.55. The summed E-state index contributed by atoms with van der Waals surface area (Å²) in [5.74, 6) is -0.576. The van der Waals surface area contributed by atoms with Crippen LogP contribution in [0.3, 0.4) is 0 Å². The first-order chi connectivity index (χ1) is 9.90. The van der Waals surface area contributed by atoms with Crippen molar-refractivity contribution in [2.75, 3.05) is 20.2 Å². The first-order valence-corrected chi connectivity index (χ1v) is 8.41. The Bertz CT molecular complexity index is 615. The Morgan fingerprint density at radius 1 is 1.50 bits per heavy atom. The molecule has 1 aliphatic heterocycles. The summed E-state index contributed by atoms with van der Waals surface area (Å²) in [7, 11) is -2.21. The molecule has 5 nitrogen and oxygen atoms in total. The number of ether oxygens (including phenoxy) is 1. The molecule has 0 amide bonds. The zero-order chi connectivity index (χ0) is 15.6. The van der Waals surface area contributed by atoms with Crippen LogP contribution in [0.4, 0.5) is 4.39 Å². The van der Waals surface area contributed by atoms with Gasteiger partial charge in [-0.2, -0.15) is 4.31 Å². The maximum absolute atomic E-state index is 13.1. The maximum atomic E-state index is 13.1. The molecule has 1 fully saturated rings. The highest BCUT2D eigenvalue weighted by Crippen LogP contribution is 2.30. The molecule has 0 spiro atoms. The van der Waals surface area contributed by atoms with Crippen LogP contribution in [0.5, 0.6) is 0 Å². The lowest BCUT2D eigenvalue weighted by Crippen LogP contribution is -2.51. The third kappa shape index (κ3) is 3.90. The maximum Gasteiger partial charge on any atom is 0.244 e. The van der Waals surface area contributed by atoms with Gasteiger partial charge in [0.15, 0.2) is 0 Å². The topological polar surface area (TPSA) is 72.6 Å². The van der Waals surface area contributed by atoms with E-state index in [4.69, 9.17) is 22.1 Å². The normalized spacial score (nSPS) is 23.1. The molecule has 0 saturated carbocycles. The van der Waals surface area contributed by atoms with E-state index in [1.165, 1.54) is 10.4 Å². The smallest absolute Gasteiger partial charge is 0.244 e. The fraction of sp³-hybridized carbons (Fsp3) is 0.538. The second kappa shape index (κ2) is 7.90. The molecule has 0 bridgehead atoms. The molecule has 1 saturated heterocycles. The third-order valence-corrected chi connectivity index (χ3v) is 6.13. The van der Waals surface area contributed by atoms with Crippen molar-refractivity contribution in [2.45, 2.75) is 29.9 Å². The Balaban J connectivity index is 0.00000242. The Hall–Kier alpha value is -0.440. The second-order valence-electron chi connectivity index (χ2n) is 4.96. The van der Waals surface area contributed by atoms with Gasteiger partial charge in [-0.15, -0.1) is 12.4 Å². The van der Waals surface area contributed by atoms with E-state index < -0.39 is 15.8 Å². The molecule has 0 radical (unpaired) electrons. The van der Waals surface area contributed by atoms with E-state index in [-0.39, 0.29) is 41.0 Å². The van der Waals surface area contributed by atoms with Gasteiger partial charge in [0.1, 0.15) is 10.7 Å². The quantitative estimate of drug-likeness (QED) is 0.877. The minimum Gasteiger partial charge on any atom is -0.381 e. The van der Waals surface area contributed by atoms with Crippen LogP contribution in [0.2, 0.25) is 5.02 Å². The molecular formula is C13H19Cl2FN2O3S. The van der Waals surface area contributed by atoms with Crippen molar-refractivity contribution in [3.63, 3.8) is 0 Å². The van der Waals surface area contributed by atoms with Crippen LogP contribution in [-0.2, 0) is 14.8 Å². The van der Waals surface area contributed by atoms with Crippen LogP contribution in [-0.4, -0.2) is 45.1 Å². The Morgan fingerprint density at radius 3 is 2.73 bits per heavy atom. The standard InChI is InChI=1S/C13H18ClFN2O3S.ClH/c1-20-11-4-5-17(10(7-11)8-16)21(18,19)13-3-2-9(15)6-12(13)14;/h2-3,6,10-11H,4-5,7-8,16H2,1H3;1H. The minimum absolute atomic E-state index is 0. The average Bonchev–Trinajstić information content (AvgIpc) is 2.46. The van der Waals surface area contributed by atoms with Gasteiger partial charge in [-0.25, -0.2) is 12.8 Å². The number of nitrogens with zero attached hydrogens (tertiary/aromatic N) is 1. The van der Waals surface area contributed by atoms with Crippen molar-refractivity contribution in [3.05, 3.63) is 29.0 Å². The minimum atomic E-state index is -3.80. The highest BCUT2D eigenvalue weighted by atomic mass is 35.5. The summed E-state index contributed by atoms with van der Waals surface area (Å²) in [5, 5.41) is -0.125. The highest BCUT2D eigenvalue weighted by Gasteiger charge is 2.37. The number of hydrogen-bond acceptors (Lipinski definition) is 4. The van der Waals surface area contributed by atoms with Gasteiger partial charge < -0.3 is 10.5 Å². The lowest BCUT2D eigenvalue weighted by molar-refractivity contribution is 0.0401. The summed E-state index contributed by atoms with van der Waals surface area (Å²) in [5.41, 5.74) is 5.69. The summed E-state index contributed by atoms with van der Waals surface area (Å²) in [6, 6.07) is 2.91. The SMILES string of the molecule is COC1CCN(S(=O)(=O)c2ccc(F)cc2Cl)C(CN)C1.Cl. The van der Waals surface area contributed by atoms with Crippen molar-refractivity contribution >= 4 is 34.0 Å². The molecule has 2 rings (SSSR count). The summed E-state index contributed by atoms with van der Waals surface area (Å²) in [4.78, 5) is -0.0973. The molecule has 2 atom stereocenters. The summed E-state index contributed by atoms with van der Waals surface area (Å²) in [6.07, 6.45) is 1.12. The van der Waals surface area contributed by atoms with Gasteiger partial charge in [-0.3, -0.25) is 0 Å². The summed E-state index contributed by atoms with van der Waals surface area (Å²) >= 11 is 5.88. The number of halogens is 3. The van der Waals surface area contributed by atoms with Gasteiger partial charge in [-0.1, -0.05) is 11.6 Å². The number of sulfonamides is 1. The number of piperidine rings is 1. The molecule has 1 aromatic carbocycles. The van der Waals surface area contributed by atoms with Gasteiger partial charge >= 0.3 is 0 Å². The zero-order valence-electron chi connectivity index (χ0n) is 12.0. The number of benzene rings is 1. The van der Waals surface area contributed by atoms with Crippen LogP contribution in [0.25, 0.3) is 0 Å². The lowest BCUT2D eigenvalue weighted by atomic mass is 10.0. The Labute approximate surface area is 141 Å². The number of nitrogens with two attached hydrogens (primary N) is 1. The van der Waals surface area contributed by atoms with Crippen LogP contribution < -0.4 is 5.73 Å². The average molecular weight is 373 g/mol. The predicted octanol–water partition coefficient (Wildman–Crippen LogP) is 2.03. The van der Waals surface area contributed by atoms with Gasteiger partial charge in [0.2, 0.25) is 10.0 Å². The van der Waals surface area contributed by atoms with Gasteiger partial charge in [-0.05, 0) is 31.0 Å². The predicted molar refractivity (Wildman–Crippen MR) is 85.4 cm³/mol. The number of hydrogen-bond donors (Lipinski definition) is 1. The molecule has 2 N–H and O–H groups in total. The van der Waals surface area contributed by atoms with Crippen LogP contribution in [0.1, 0.15) is 12.8 Å². The number of rotatable bonds is 4. The monoisotopic (exact) mass is 372 g/mol. The molecule has 1 heterocycles. The van der Waals surface area contributed by atoms with Gasteiger partial charge in [0.25, 0.3) is 0 Å². The third-order valence-electron chi connectivity index (χ3n) is 3.70. The van der Waals surface area contributed by atoms with Crippen molar-refractivity contribution in [3.8, 4) is 0 Å². The van der Waals surface area contributed by atoms with Crippen LogP contribution in [0.15, 0.2) is 23.1 Å². The van der Waals surface area contributed by atoms with E-state index in [0.717, 1.165) is 12.1 Å². The first-order valence-electron chi connectivity index (χ1n) is 6.60. The molecule has 0 aromatic heterocycles. The van der Waals surface area contributed by atoms with Crippen molar-refractivity contribution < 1.29 is 17.5 Å². The molecular weight excluding hydrogens is 354 g/mol. The second-order valence-corrected chi connectivity index (χ2v) is 7.23. The molecule has 2 unspecified atom stereocenters. The summed E-state index contributed by atoms with van der Waals surface area (Å²) < 4.78 is 45.1. The van der Waals surface area contributed by atoms with E-state index in [0.29, 0.717) is 19.4 Å². The highest BCUT2D eigenvalue weighted by molar-refractivity contribution is 7.89. The summed E-state index contributed by atoms with van der Waals surface area (Å²) in [6.45, 7) is 0.494. The molecule has 126 valence electrons. The number of methoxy groups -OCH3 is 1.